The standard InChI is InChI=1S/C21H24N2O6S2.Na.H/c1-21(2)18-15-17(31(27,28)29)9-10-19(18)23(13-6-14-30(24,25)26)20(21)11-12-22-16-7-4-3-5-8-16;;/h3-5,7-12,15H,6,13-14H2,1-2H3,(H2,24,25,26,27,28,29);;/p+1. The molecule has 32 heavy (non-hydrogen) atoms. The second-order valence-corrected chi connectivity index (χ2v) is 10.8. The van der Waals surface area contributed by atoms with E-state index in [1.165, 1.54) is 12.1 Å². The van der Waals surface area contributed by atoms with Gasteiger partial charge in [0.05, 0.1) is 16.1 Å². The molecule has 2 aromatic carbocycles. The van der Waals surface area contributed by atoms with Crippen molar-refractivity contribution in [2.24, 2.45) is 0 Å². The van der Waals surface area contributed by atoms with Crippen LogP contribution in [0.5, 0.6) is 0 Å². The van der Waals surface area contributed by atoms with E-state index in [-0.39, 0.29) is 46.6 Å². The average molecular weight is 490 g/mol. The van der Waals surface area contributed by atoms with Gasteiger partial charge in [-0.25, -0.2) is 0 Å². The quantitative estimate of drug-likeness (QED) is 0.296. The Morgan fingerprint density at radius 1 is 1.03 bits per heavy atom. The van der Waals surface area contributed by atoms with Gasteiger partial charge in [0.2, 0.25) is 5.69 Å². The molecule has 3 N–H and O–H groups in total. The number of rotatable bonds is 8. The molecule has 0 saturated heterocycles. The Balaban J connectivity index is 0.00000363. The maximum absolute atomic E-state index is 11.6. The summed E-state index contributed by atoms with van der Waals surface area (Å²) in [6, 6.07) is 13.9. The van der Waals surface area contributed by atoms with Crippen molar-refractivity contribution in [3.63, 3.8) is 0 Å². The topological polar surface area (TPSA) is 124 Å². The fourth-order valence-electron chi connectivity index (χ4n) is 3.71. The van der Waals surface area contributed by atoms with Crippen LogP contribution in [0.4, 0.5) is 11.4 Å². The Labute approximate surface area is 210 Å². The summed E-state index contributed by atoms with van der Waals surface area (Å²) in [5.74, 6) is -0.387. The van der Waals surface area contributed by atoms with Crippen LogP contribution in [0.2, 0.25) is 0 Å². The normalized spacial score (nSPS) is 15.5. The Morgan fingerprint density at radius 3 is 2.28 bits per heavy atom. The van der Waals surface area contributed by atoms with Gasteiger partial charge in [-0.1, -0.05) is 18.2 Å². The molecular formula is C21H26N2NaO6S2+. The van der Waals surface area contributed by atoms with Crippen molar-refractivity contribution < 1.29 is 30.5 Å². The van der Waals surface area contributed by atoms with Crippen LogP contribution in [-0.2, 0) is 25.7 Å². The van der Waals surface area contributed by atoms with E-state index in [9.17, 15) is 21.4 Å². The molecule has 0 spiro atoms. The van der Waals surface area contributed by atoms with Gasteiger partial charge in [0.25, 0.3) is 20.2 Å². The van der Waals surface area contributed by atoms with Crippen molar-refractivity contribution in [1.29, 1.82) is 0 Å². The molecule has 1 aliphatic heterocycles. The molecule has 0 aliphatic carbocycles. The molecule has 0 radical (unpaired) electrons. The van der Waals surface area contributed by atoms with Crippen molar-refractivity contribution in [3.8, 4) is 0 Å². The third-order valence-corrected chi connectivity index (χ3v) is 6.86. The van der Waals surface area contributed by atoms with Crippen LogP contribution < -0.4 is 5.32 Å². The number of nitrogens with zero attached hydrogens (tertiary/aromatic N) is 1. The molecule has 0 bridgehead atoms. The molecule has 3 rings (SSSR count). The van der Waals surface area contributed by atoms with Crippen LogP contribution in [0.1, 0.15) is 25.8 Å². The van der Waals surface area contributed by atoms with Crippen molar-refractivity contribution in [1.82, 2.24) is 0 Å². The number of allylic oxidation sites excluding steroid dienone is 1. The molecule has 0 atom stereocenters. The molecule has 11 heteroatoms. The van der Waals surface area contributed by atoms with Gasteiger partial charge in [0.1, 0.15) is 6.54 Å². The molecule has 0 unspecified atom stereocenters. The number of benzene rings is 2. The van der Waals surface area contributed by atoms with Gasteiger partial charge in [-0.15, -0.1) is 0 Å². The second-order valence-electron chi connectivity index (χ2n) is 7.80. The Kier molecular flexibility index (Phi) is 8.49. The van der Waals surface area contributed by atoms with E-state index < -0.39 is 25.7 Å². The van der Waals surface area contributed by atoms with Crippen LogP contribution in [0.3, 0.4) is 0 Å². The molecule has 1 aliphatic rings. The zero-order valence-corrected chi connectivity index (χ0v) is 18.8. The molecular weight excluding hydrogens is 463 g/mol. The number of nitrogens with one attached hydrogen (secondary N) is 1. The third kappa shape index (κ3) is 6.28. The van der Waals surface area contributed by atoms with Crippen molar-refractivity contribution in [2.75, 3.05) is 17.6 Å². The van der Waals surface area contributed by atoms with Crippen LogP contribution in [-0.4, -0.2) is 78.1 Å². The zero-order chi connectivity index (χ0) is 22.9. The van der Waals surface area contributed by atoms with Gasteiger partial charge in [-0.05, 0) is 38.1 Å². The molecule has 8 nitrogen and oxygen atoms in total. The molecule has 0 aromatic heterocycles. The van der Waals surface area contributed by atoms with Gasteiger partial charge < -0.3 is 5.32 Å². The predicted octanol–water partition coefficient (Wildman–Crippen LogP) is 2.56. The first-order valence-corrected chi connectivity index (χ1v) is 12.6. The van der Waals surface area contributed by atoms with Crippen LogP contribution in [0, 0.1) is 0 Å². The first kappa shape index (κ1) is 26.7. The van der Waals surface area contributed by atoms with E-state index in [0.29, 0.717) is 17.8 Å². The molecule has 2 aromatic rings. The van der Waals surface area contributed by atoms with Crippen molar-refractivity contribution in [3.05, 3.63) is 66.4 Å². The van der Waals surface area contributed by atoms with Crippen LogP contribution in [0.25, 0.3) is 0 Å². The van der Waals surface area contributed by atoms with Gasteiger partial charge >= 0.3 is 29.6 Å². The number of fused-ring (bicyclic) bond motifs is 1. The number of hydrogen-bond acceptors (Lipinski definition) is 5. The van der Waals surface area contributed by atoms with E-state index >= 15 is 0 Å². The molecule has 0 saturated carbocycles. The fraction of sp³-hybridized carbons (Fsp3) is 0.286. The summed E-state index contributed by atoms with van der Waals surface area (Å²) < 4.78 is 66.0. The second kappa shape index (κ2) is 10.2. The summed E-state index contributed by atoms with van der Waals surface area (Å²) in [4.78, 5) is -0.204. The van der Waals surface area contributed by atoms with Crippen molar-refractivity contribution >= 4 is 66.9 Å². The van der Waals surface area contributed by atoms with Crippen LogP contribution in [0.15, 0.2) is 65.7 Å². The minimum absolute atomic E-state index is 0. The summed E-state index contributed by atoms with van der Waals surface area (Å²) in [7, 11) is -8.47. The van der Waals surface area contributed by atoms with E-state index in [0.717, 1.165) is 11.4 Å². The molecule has 0 amide bonds. The maximum atomic E-state index is 11.6. The molecule has 0 fully saturated rings. The van der Waals surface area contributed by atoms with Gasteiger partial charge in [-0.3, -0.25) is 9.11 Å². The summed E-state index contributed by atoms with van der Waals surface area (Å²) in [6.45, 7) is 4.14. The summed E-state index contributed by atoms with van der Waals surface area (Å²) in [5, 5.41) is 3.17. The van der Waals surface area contributed by atoms with E-state index in [4.69, 9.17) is 4.55 Å². The SMILES string of the molecule is CC1(C)C(/C=C/Nc2ccccc2)=[N+](CCCS(=O)(=O)O)c2ccc(S(=O)(=O)O)cc21.[NaH]. The molecule has 168 valence electrons. The summed E-state index contributed by atoms with van der Waals surface area (Å²) >= 11 is 0. The minimum atomic E-state index is -4.37. The molecule has 1 heterocycles. The Morgan fingerprint density at radius 2 is 1.69 bits per heavy atom. The fourth-order valence-corrected chi connectivity index (χ4v) is 4.71. The number of hydrogen-bond donors (Lipinski definition) is 3. The summed E-state index contributed by atoms with van der Waals surface area (Å²) in [5.41, 5.74) is 2.48. The van der Waals surface area contributed by atoms with Gasteiger partial charge in [0, 0.05) is 36.0 Å². The van der Waals surface area contributed by atoms with Gasteiger partial charge in [-0.2, -0.15) is 21.4 Å². The van der Waals surface area contributed by atoms with Crippen molar-refractivity contribution in [2.45, 2.75) is 30.6 Å². The zero-order valence-electron chi connectivity index (χ0n) is 17.2. The predicted molar refractivity (Wildman–Crippen MR) is 126 cm³/mol. The van der Waals surface area contributed by atoms with Gasteiger partial charge in [0.15, 0.2) is 5.71 Å². The monoisotopic (exact) mass is 489 g/mol. The average Bonchev–Trinajstić information content (AvgIpc) is 2.88. The first-order valence-electron chi connectivity index (χ1n) is 9.60. The van der Waals surface area contributed by atoms with Crippen LogP contribution >= 0.6 is 0 Å². The van der Waals surface area contributed by atoms with E-state index in [1.54, 1.807) is 12.3 Å². The number of para-hydroxylation sites is 1. The Bertz CT molecular complexity index is 1250. The van der Waals surface area contributed by atoms with E-state index in [1.807, 2.05) is 54.8 Å². The van der Waals surface area contributed by atoms with E-state index in [2.05, 4.69) is 5.32 Å². The first-order chi connectivity index (χ1) is 14.4. The number of anilines is 1. The summed E-state index contributed by atoms with van der Waals surface area (Å²) in [6.07, 6.45) is 3.79. The Hall–Kier alpha value is -1.53. The third-order valence-electron chi connectivity index (χ3n) is 5.21.